The predicted molar refractivity (Wildman–Crippen MR) is 149 cm³/mol. The molecule has 186 valence electrons. The number of nitrogens with zero attached hydrogens (tertiary/aromatic N) is 1. The minimum Gasteiger partial charge on any atom is -0.497 e. The van der Waals surface area contributed by atoms with Gasteiger partial charge in [0.05, 0.1) is 12.5 Å². The summed E-state index contributed by atoms with van der Waals surface area (Å²) in [5.41, 5.74) is 4.40. The molecule has 2 heterocycles. The van der Waals surface area contributed by atoms with E-state index in [1.807, 2.05) is 48.2 Å². The van der Waals surface area contributed by atoms with Gasteiger partial charge in [-0.1, -0.05) is 84.9 Å². The Morgan fingerprint density at radius 1 is 0.737 bits per heavy atom. The molecule has 0 radical (unpaired) electrons. The normalized spacial score (nSPS) is 23.5. The van der Waals surface area contributed by atoms with E-state index in [-0.39, 0.29) is 23.5 Å². The quantitative estimate of drug-likeness (QED) is 0.309. The fraction of sp³-hybridized carbons (Fsp3) is 0.212. The first-order valence-electron chi connectivity index (χ1n) is 13.0. The van der Waals surface area contributed by atoms with Crippen LogP contribution in [0.2, 0.25) is 0 Å². The second kappa shape index (κ2) is 7.68. The van der Waals surface area contributed by atoms with Gasteiger partial charge in [0.2, 0.25) is 0 Å². The summed E-state index contributed by atoms with van der Waals surface area (Å²) in [6.07, 6.45) is 0. The molecule has 4 nitrogen and oxygen atoms in total. The number of hydrogen-bond acceptors (Lipinski definition) is 5. The molecule has 4 aliphatic rings. The first-order valence-corrected chi connectivity index (χ1v) is 14.2. The van der Waals surface area contributed by atoms with Gasteiger partial charge in [0.1, 0.15) is 5.75 Å². The Balaban J connectivity index is 1.54. The van der Waals surface area contributed by atoms with Crippen molar-refractivity contribution in [3.8, 4) is 16.9 Å². The molecule has 0 bridgehead atoms. The Morgan fingerprint density at radius 2 is 1.26 bits per heavy atom. The van der Waals surface area contributed by atoms with Crippen molar-refractivity contribution in [3.63, 3.8) is 0 Å². The van der Waals surface area contributed by atoms with E-state index in [2.05, 4.69) is 65.6 Å². The number of benzene rings is 4. The van der Waals surface area contributed by atoms with Crippen LogP contribution in [0, 0.1) is 0 Å². The lowest BCUT2D eigenvalue weighted by Crippen LogP contribution is -2.64. The van der Waals surface area contributed by atoms with Crippen LogP contribution in [0.1, 0.15) is 43.3 Å². The molecule has 2 unspecified atom stereocenters. The van der Waals surface area contributed by atoms with Crippen LogP contribution >= 0.6 is 11.8 Å². The van der Waals surface area contributed by atoms with Gasteiger partial charge in [0.25, 0.3) is 0 Å². The van der Waals surface area contributed by atoms with E-state index >= 15 is 0 Å². The lowest BCUT2D eigenvalue weighted by Gasteiger charge is -2.46. The van der Waals surface area contributed by atoms with Gasteiger partial charge in [-0.05, 0) is 39.9 Å². The number of carbonyl (C=O) groups is 2. The number of carbonyl (C=O) groups excluding carboxylic acids is 2. The Bertz CT molecular complexity index is 1580. The summed E-state index contributed by atoms with van der Waals surface area (Å²) >= 11 is 1.82. The summed E-state index contributed by atoms with van der Waals surface area (Å²) < 4.78 is 5.49. The van der Waals surface area contributed by atoms with Gasteiger partial charge >= 0.3 is 0 Å². The first kappa shape index (κ1) is 22.3. The van der Waals surface area contributed by atoms with E-state index < -0.39 is 11.0 Å². The highest BCUT2D eigenvalue weighted by Crippen LogP contribution is 2.70. The van der Waals surface area contributed by atoms with E-state index in [0.717, 1.165) is 39.3 Å². The van der Waals surface area contributed by atoms with Gasteiger partial charge in [-0.15, -0.1) is 11.8 Å². The van der Waals surface area contributed by atoms with Gasteiger partial charge in [-0.2, -0.15) is 0 Å². The van der Waals surface area contributed by atoms with Crippen LogP contribution in [0.3, 0.4) is 0 Å². The van der Waals surface area contributed by atoms with Crippen molar-refractivity contribution in [2.24, 2.45) is 0 Å². The molecular formula is C33H25NO3S. The van der Waals surface area contributed by atoms with Crippen molar-refractivity contribution in [3.05, 3.63) is 125 Å². The Kier molecular flexibility index (Phi) is 4.52. The lowest BCUT2D eigenvalue weighted by atomic mass is 9.55. The van der Waals surface area contributed by atoms with Crippen molar-refractivity contribution in [1.29, 1.82) is 0 Å². The minimum atomic E-state index is -1.35. The van der Waals surface area contributed by atoms with Crippen molar-refractivity contribution in [1.82, 2.24) is 4.90 Å². The summed E-state index contributed by atoms with van der Waals surface area (Å²) in [5, 5.41) is 0. The maximum Gasteiger partial charge on any atom is 0.193 e. The maximum atomic E-state index is 14.9. The molecule has 2 aliphatic heterocycles. The molecule has 0 aromatic heterocycles. The molecule has 38 heavy (non-hydrogen) atoms. The van der Waals surface area contributed by atoms with E-state index in [9.17, 15) is 9.59 Å². The van der Waals surface area contributed by atoms with Crippen molar-refractivity contribution >= 4 is 23.3 Å². The molecule has 2 saturated heterocycles. The van der Waals surface area contributed by atoms with Gasteiger partial charge in [-0.3, -0.25) is 14.5 Å². The standard InChI is InChI=1S/C33H25NO3S/c1-37-21-16-14-20(15-17-21)29-28-18-38-19-34(28)33(30(35)24-10-2-3-11-25(24)31(33)36)32(29)26-12-6-4-8-22(26)23-9-5-7-13-27(23)32/h2-17,28-29H,18-19H2,1H3. The monoisotopic (exact) mass is 515 g/mol. The van der Waals surface area contributed by atoms with E-state index in [1.54, 1.807) is 7.11 Å². The second-order valence-corrected chi connectivity index (χ2v) is 11.6. The number of hydrogen-bond donors (Lipinski definition) is 0. The van der Waals surface area contributed by atoms with Crippen molar-refractivity contribution < 1.29 is 14.3 Å². The zero-order chi connectivity index (χ0) is 25.6. The summed E-state index contributed by atoms with van der Waals surface area (Å²) in [5.74, 6) is 2.08. The highest BCUT2D eigenvalue weighted by atomic mass is 32.2. The summed E-state index contributed by atoms with van der Waals surface area (Å²) in [6, 6.07) is 32.6. The molecule has 0 saturated carbocycles. The van der Waals surface area contributed by atoms with Crippen LogP contribution in [0.25, 0.3) is 11.1 Å². The molecule has 2 atom stereocenters. The predicted octanol–water partition coefficient (Wildman–Crippen LogP) is 5.95. The van der Waals surface area contributed by atoms with E-state index in [0.29, 0.717) is 17.0 Å². The number of Topliss-reactive ketones (excluding diaryl/α,β-unsaturated/α-hetero) is 2. The number of thioether (sulfide) groups is 1. The minimum absolute atomic E-state index is 0.0230. The largest absolute Gasteiger partial charge is 0.497 e. The zero-order valence-electron chi connectivity index (χ0n) is 20.9. The molecule has 0 N–H and O–H groups in total. The van der Waals surface area contributed by atoms with Crippen LogP contribution in [0.4, 0.5) is 0 Å². The fourth-order valence-electron chi connectivity index (χ4n) is 8.09. The van der Waals surface area contributed by atoms with Gasteiger partial charge < -0.3 is 4.74 Å². The van der Waals surface area contributed by atoms with Gasteiger partial charge in [-0.25, -0.2) is 0 Å². The highest BCUT2D eigenvalue weighted by Gasteiger charge is 2.80. The summed E-state index contributed by atoms with van der Waals surface area (Å²) in [7, 11) is 1.67. The first-order chi connectivity index (χ1) is 18.7. The maximum absolute atomic E-state index is 14.9. The highest BCUT2D eigenvalue weighted by molar-refractivity contribution is 7.99. The molecule has 2 fully saturated rings. The van der Waals surface area contributed by atoms with Gasteiger partial charge in [0.15, 0.2) is 17.1 Å². The molecule has 2 aliphatic carbocycles. The number of rotatable bonds is 2. The number of ketones is 2. The number of ether oxygens (including phenoxy) is 1. The van der Waals surface area contributed by atoms with Crippen molar-refractivity contribution in [2.75, 3.05) is 18.7 Å². The molecular weight excluding hydrogens is 490 g/mol. The van der Waals surface area contributed by atoms with Crippen LogP contribution in [0.5, 0.6) is 5.75 Å². The third kappa shape index (κ3) is 2.35. The molecule has 2 spiro atoms. The van der Waals surface area contributed by atoms with Crippen LogP contribution in [0.15, 0.2) is 97.1 Å². The fourth-order valence-corrected chi connectivity index (χ4v) is 9.39. The lowest BCUT2D eigenvalue weighted by molar-refractivity contribution is 0.0515. The molecule has 8 rings (SSSR count). The Labute approximate surface area is 225 Å². The third-order valence-corrected chi connectivity index (χ3v) is 10.4. The molecule has 0 amide bonds. The van der Waals surface area contributed by atoms with Crippen LogP contribution < -0.4 is 4.74 Å². The smallest absolute Gasteiger partial charge is 0.193 e. The Hall–Kier alpha value is -3.67. The average molecular weight is 516 g/mol. The van der Waals surface area contributed by atoms with E-state index in [1.165, 1.54) is 0 Å². The van der Waals surface area contributed by atoms with Gasteiger partial charge in [0, 0.05) is 34.7 Å². The second-order valence-electron chi connectivity index (χ2n) is 10.6. The van der Waals surface area contributed by atoms with Crippen molar-refractivity contribution in [2.45, 2.75) is 22.9 Å². The number of fused-ring (bicyclic) bond motifs is 9. The zero-order valence-corrected chi connectivity index (χ0v) is 21.7. The summed E-state index contributed by atoms with van der Waals surface area (Å²) in [6.45, 7) is 0. The Morgan fingerprint density at radius 3 is 1.82 bits per heavy atom. The third-order valence-electron chi connectivity index (χ3n) is 9.31. The molecule has 4 aromatic rings. The molecule has 5 heteroatoms. The van der Waals surface area contributed by atoms with E-state index in [4.69, 9.17) is 4.74 Å². The average Bonchev–Trinajstić information content (AvgIpc) is 3.68. The number of methoxy groups -OCH3 is 1. The van der Waals surface area contributed by atoms with Crippen LogP contribution in [-0.2, 0) is 5.41 Å². The SMILES string of the molecule is COc1ccc(C2C3CSCN3C3(C(=O)c4ccccc4C3=O)C23c2ccccc2-c2ccccc23)cc1. The topological polar surface area (TPSA) is 46.6 Å². The summed E-state index contributed by atoms with van der Waals surface area (Å²) in [4.78, 5) is 32.2. The van der Waals surface area contributed by atoms with Crippen LogP contribution in [-0.4, -0.2) is 46.8 Å². The molecule has 4 aromatic carbocycles.